The van der Waals surface area contributed by atoms with Crippen LogP contribution in [0.2, 0.25) is 10.0 Å². The minimum Gasteiger partial charge on any atom is -0.497 e. The molecule has 0 atom stereocenters. The van der Waals surface area contributed by atoms with Gasteiger partial charge in [-0.3, -0.25) is 0 Å². The molecular weight excluding hydrogens is 383 g/mol. The van der Waals surface area contributed by atoms with Gasteiger partial charge in [-0.1, -0.05) is 23.2 Å². The van der Waals surface area contributed by atoms with Gasteiger partial charge in [-0.05, 0) is 34.1 Å². The zero-order valence-corrected chi connectivity index (χ0v) is 13.8. The monoisotopic (exact) mass is 390 g/mol. The maximum absolute atomic E-state index is 11.2. The first-order valence-electron chi connectivity index (χ1n) is 5.66. The topological polar surface area (TPSA) is 55.8 Å². The van der Waals surface area contributed by atoms with Crippen molar-refractivity contribution in [3.05, 3.63) is 50.4 Å². The third-order valence-electron chi connectivity index (χ3n) is 2.61. The van der Waals surface area contributed by atoms with E-state index in [1.165, 1.54) is 31.4 Å². The van der Waals surface area contributed by atoms with E-state index in [-0.39, 0.29) is 17.1 Å². The predicted molar refractivity (Wildman–Crippen MR) is 84.2 cm³/mol. The second-order valence-corrected chi connectivity index (χ2v) is 5.63. The summed E-state index contributed by atoms with van der Waals surface area (Å²) in [7, 11) is 1.48. The Kier molecular flexibility index (Phi) is 4.98. The number of methoxy groups -OCH3 is 1. The van der Waals surface area contributed by atoms with Crippen LogP contribution in [0.3, 0.4) is 0 Å². The molecule has 4 nitrogen and oxygen atoms in total. The van der Waals surface area contributed by atoms with Gasteiger partial charge in [0, 0.05) is 16.6 Å². The molecule has 0 aliphatic carbocycles. The highest BCUT2D eigenvalue weighted by Gasteiger charge is 2.15. The lowest BCUT2D eigenvalue weighted by molar-refractivity contribution is 0.0694. The van der Waals surface area contributed by atoms with Crippen LogP contribution in [0.5, 0.6) is 17.2 Å². The molecule has 0 saturated carbocycles. The number of aromatic carboxylic acids is 1. The molecule has 0 bridgehead atoms. The highest BCUT2D eigenvalue weighted by molar-refractivity contribution is 9.10. The van der Waals surface area contributed by atoms with Crippen LogP contribution >= 0.6 is 39.1 Å². The summed E-state index contributed by atoms with van der Waals surface area (Å²) in [5.41, 5.74) is -0.00842. The number of carboxylic acid groups (broad SMARTS) is 1. The molecule has 0 saturated heterocycles. The van der Waals surface area contributed by atoms with Gasteiger partial charge in [-0.2, -0.15) is 0 Å². The zero-order valence-electron chi connectivity index (χ0n) is 10.7. The van der Waals surface area contributed by atoms with E-state index in [1.807, 2.05) is 0 Å². The summed E-state index contributed by atoms with van der Waals surface area (Å²) in [6.45, 7) is 0. The van der Waals surface area contributed by atoms with E-state index in [9.17, 15) is 9.90 Å². The molecule has 2 aromatic rings. The first kappa shape index (κ1) is 15.9. The number of benzene rings is 2. The fourth-order valence-electron chi connectivity index (χ4n) is 1.59. The first-order chi connectivity index (χ1) is 9.92. The van der Waals surface area contributed by atoms with Gasteiger partial charge in [0.25, 0.3) is 0 Å². The average molecular weight is 392 g/mol. The minimum absolute atomic E-state index is 0.00842. The van der Waals surface area contributed by atoms with Gasteiger partial charge < -0.3 is 14.6 Å². The number of carboxylic acids is 1. The molecule has 0 amide bonds. The molecule has 0 fully saturated rings. The lowest BCUT2D eigenvalue weighted by Crippen LogP contribution is -2.00. The van der Waals surface area contributed by atoms with Crippen molar-refractivity contribution in [3.63, 3.8) is 0 Å². The van der Waals surface area contributed by atoms with Crippen LogP contribution < -0.4 is 9.47 Å². The summed E-state index contributed by atoms with van der Waals surface area (Å²) in [6, 6.07) is 7.46. The quantitative estimate of drug-likeness (QED) is 0.722. The van der Waals surface area contributed by atoms with Crippen LogP contribution in [-0.2, 0) is 0 Å². The fourth-order valence-corrected chi connectivity index (χ4v) is 2.42. The van der Waals surface area contributed by atoms with Crippen LogP contribution in [0.15, 0.2) is 34.8 Å². The SMILES string of the molecule is COc1ccc(C(=O)O)c(Oc2cc(Cl)c(Br)cc2Cl)c1. The standard InChI is InChI=1S/C14H9BrCl2O4/c1-20-7-2-3-8(14(18)19)12(4-7)21-13-6-10(16)9(15)5-11(13)17/h2-6H,1H3,(H,18,19). The molecule has 110 valence electrons. The number of carbonyl (C=O) groups is 1. The second kappa shape index (κ2) is 6.56. The Morgan fingerprint density at radius 2 is 1.86 bits per heavy atom. The maximum Gasteiger partial charge on any atom is 0.339 e. The predicted octanol–water partition coefficient (Wildman–Crippen LogP) is 5.26. The molecule has 2 rings (SSSR count). The molecule has 2 aromatic carbocycles. The Hall–Kier alpha value is -1.43. The van der Waals surface area contributed by atoms with Crippen molar-refractivity contribution in [1.29, 1.82) is 0 Å². The zero-order chi connectivity index (χ0) is 15.6. The molecule has 0 radical (unpaired) electrons. The number of rotatable bonds is 4. The van der Waals surface area contributed by atoms with Crippen molar-refractivity contribution in [2.24, 2.45) is 0 Å². The van der Waals surface area contributed by atoms with Crippen LogP contribution in [0.4, 0.5) is 0 Å². The van der Waals surface area contributed by atoms with Crippen molar-refractivity contribution in [2.75, 3.05) is 7.11 Å². The molecule has 21 heavy (non-hydrogen) atoms. The molecule has 0 aliphatic heterocycles. The fraction of sp³-hybridized carbons (Fsp3) is 0.0714. The molecule has 0 aliphatic rings. The van der Waals surface area contributed by atoms with Gasteiger partial charge in [0.2, 0.25) is 0 Å². The molecule has 0 heterocycles. The van der Waals surface area contributed by atoms with Crippen molar-refractivity contribution >= 4 is 45.1 Å². The summed E-state index contributed by atoms with van der Waals surface area (Å²) >= 11 is 15.3. The van der Waals surface area contributed by atoms with Gasteiger partial charge >= 0.3 is 5.97 Å². The highest BCUT2D eigenvalue weighted by atomic mass is 79.9. The van der Waals surface area contributed by atoms with Crippen molar-refractivity contribution < 1.29 is 19.4 Å². The van der Waals surface area contributed by atoms with Gasteiger partial charge in [-0.25, -0.2) is 4.79 Å². The average Bonchev–Trinajstić information content (AvgIpc) is 2.44. The molecular formula is C14H9BrCl2O4. The summed E-state index contributed by atoms with van der Waals surface area (Å²) in [5, 5.41) is 9.88. The van der Waals surface area contributed by atoms with Crippen LogP contribution in [0.25, 0.3) is 0 Å². The van der Waals surface area contributed by atoms with E-state index >= 15 is 0 Å². The van der Waals surface area contributed by atoms with E-state index in [0.29, 0.717) is 20.3 Å². The Balaban J connectivity index is 2.47. The number of ether oxygens (including phenoxy) is 2. The van der Waals surface area contributed by atoms with Gasteiger partial charge in [0.1, 0.15) is 22.8 Å². The Bertz CT molecular complexity index is 704. The lowest BCUT2D eigenvalue weighted by atomic mass is 10.2. The first-order valence-corrected chi connectivity index (χ1v) is 7.21. The number of halogens is 3. The third kappa shape index (κ3) is 3.61. The van der Waals surface area contributed by atoms with E-state index in [0.717, 1.165) is 0 Å². The van der Waals surface area contributed by atoms with Crippen LogP contribution in [0.1, 0.15) is 10.4 Å². The Morgan fingerprint density at radius 1 is 1.14 bits per heavy atom. The summed E-state index contributed by atoms with van der Waals surface area (Å²) in [5.74, 6) is -0.288. The number of hydrogen-bond acceptors (Lipinski definition) is 3. The smallest absolute Gasteiger partial charge is 0.339 e. The van der Waals surface area contributed by atoms with Gasteiger partial charge in [0.15, 0.2) is 0 Å². The van der Waals surface area contributed by atoms with Crippen LogP contribution in [0, 0.1) is 0 Å². The van der Waals surface area contributed by atoms with Crippen molar-refractivity contribution in [2.45, 2.75) is 0 Å². The third-order valence-corrected chi connectivity index (χ3v) is 4.11. The maximum atomic E-state index is 11.2. The summed E-state index contributed by atoms with van der Waals surface area (Å²) < 4.78 is 11.3. The Labute approximate surface area is 139 Å². The Morgan fingerprint density at radius 3 is 2.48 bits per heavy atom. The largest absolute Gasteiger partial charge is 0.497 e. The van der Waals surface area contributed by atoms with Crippen molar-refractivity contribution in [3.8, 4) is 17.2 Å². The molecule has 1 N–H and O–H groups in total. The van der Waals surface area contributed by atoms with Gasteiger partial charge in [-0.15, -0.1) is 0 Å². The van der Waals surface area contributed by atoms with Crippen LogP contribution in [-0.4, -0.2) is 18.2 Å². The van der Waals surface area contributed by atoms with Gasteiger partial charge in [0.05, 0.1) is 17.2 Å². The van der Waals surface area contributed by atoms with Crippen molar-refractivity contribution in [1.82, 2.24) is 0 Å². The summed E-state index contributed by atoms with van der Waals surface area (Å²) in [6.07, 6.45) is 0. The van der Waals surface area contributed by atoms with E-state index in [2.05, 4.69) is 15.9 Å². The molecule has 0 unspecified atom stereocenters. The molecule has 0 spiro atoms. The highest BCUT2D eigenvalue weighted by Crippen LogP contribution is 2.38. The number of hydrogen-bond donors (Lipinski definition) is 1. The van der Waals surface area contributed by atoms with E-state index in [1.54, 1.807) is 6.07 Å². The molecule has 7 heteroatoms. The normalized spacial score (nSPS) is 10.3. The summed E-state index contributed by atoms with van der Waals surface area (Å²) in [4.78, 5) is 11.2. The van der Waals surface area contributed by atoms with E-state index < -0.39 is 5.97 Å². The lowest BCUT2D eigenvalue weighted by Gasteiger charge is -2.12. The second-order valence-electron chi connectivity index (χ2n) is 3.97. The minimum atomic E-state index is -1.12. The molecule has 0 aromatic heterocycles. The van der Waals surface area contributed by atoms with E-state index in [4.69, 9.17) is 32.7 Å².